The SMILES string of the molecule is CC12CC(C(=O)O)C(C(=O)O)CC1O2. The fourth-order valence-corrected chi connectivity index (χ4v) is 2.27. The Morgan fingerprint density at radius 1 is 1.29 bits per heavy atom. The molecule has 2 fully saturated rings. The molecule has 0 spiro atoms. The minimum Gasteiger partial charge on any atom is -0.481 e. The molecule has 2 rings (SSSR count). The zero-order valence-corrected chi connectivity index (χ0v) is 7.77. The number of epoxide rings is 1. The molecule has 14 heavy (non-hydrogen) atoms. The van der Waals surface area contributed by atoms with Crippen LogP contribution >= 0.6 is 0 Å². The zero-order chi connectivity index (χ0) is 10.5. The molecule has 4 atom stereocenters. The predicted molar refractivity (Wildman–Crippen MR) is 44.8 cm³/mol. The molecule has 1 aliphatic carbocycles. The molecule has 4 unspecified atom stereocenters. The molecule has 0 aromatic carbocycles. The van der Waals surface area contributed by atoms with Crippen molar-refractivity contribution in [3.8, 4) is 0 Å². The van der Waals surface area contributed by atoms with Crippen molar-refractivity contribution in [3.63, 3.8) is 0 Å². The average molecular weight is 200 g/mol. The maximum absolute atomic E-state index is 10.9. The summed E-state index contributed by atoms with van der Waals surface area (Å²) in [7, 11) is 0. The number of hydrogen-bond acceptors (Lipinski definition) is 3. The van der Waals surface area contributed by atoms with Crippen LogP contribution in [-0.2, 0) is 14.3 Å². The molecule has 2 aliphatic rings. The van der Waals surface area contributed by atoms with Crippen LogP contribution in [0, 0.1) is 11.8 Å². The summed E-state index contributed by atoms with van der Waals surface area (Å²) in [5.74, 6) is -3.67. The summed E-state index contributed by atoms with van der Waals surface area (Å²) >= 11 is 0. The molecule has 1 saturated heterocycles. The van der Waals surface area contributed by atoms with Gasteiger partial charge in [-0.15, -0.1) is 0 Å². The van der Waals surface area contributed by atoms with E-state index in [4.69, 9.17) is 14.9 Å². The topological polar surface area (TPSA) is 87.1 Å². The minimum absolute atomic E-state index is 0.0563. The number of rotatable bonds is 2. The van der Waals surface area contributed by atoms with Crippen LogP contribution in [0.1, 0.15) is 19.8 Å². The van der Waals surface area contributed by atoms with Crippen LogP contribution in [0.2, 0.25) is 0 Å². The van der Waals surface area contributed by atoms with E-state index in [0.717, 1.165) is 0 Å². The maximum Gasteiger partial charge on any atom is 0.307 e. The molecule has 1 saturated carbocycles. The number of ether oxygens (including phenoxy) is 1. The smallest absolute Gasteiger partial charge is 0.307 e. The summed E-state index contributed by atoms with van der Waals surface area (Å²) in [6.45, 7) is 1.84. The van der Waals surface area contributed by atoms with Crippen molar-refractivity contribution in [3.05, 3.63) is 0 Å². The predicted octanol–water partition coefficient (Wildman–Crippen LogP) is 0.339. The molecule has 1 heterocycles. The molecule has 1 aliphatic heterocycles. The molecule has 0 amide bonds. The summed E-state index contributed by atoms with van der Waals surface area (Å²) in [6, 6.07) is 0. The summed E-state index contributed by atoms with van der Waals surface area (Å²) < 4.78 is 5.30. The normalized spacial score (nSPS) is 45.4. The third-order valence-electron chi connectivity index (χ3n) is 3.25. The van der Waals surface area contributed by atoms with Gasteiger partial charge in [0.15, 0.2) is 0 Å². The summed E-state index contributed by atoms with van der Waals surface area (Å²) in [5, 5.41) is 17.7. The van der Waals surface area contributed by atoms with Crippen LogP contribution in [0.15, 0.2) is 0 Å². The minimum atomic E-state index is -1.03. The van der Waals surface area contributed by atoms with Gasteiger partial charge in [-0.2, -0.15) is 0 Å². The quantitative estimate of drug-likeness (QED) is 0.627. The maximum atomic E-state index is 10.9. The Morgan fingerprint density at radius 3 is 2.36 bits per heavy atom. The van der Waals surface area contributed by atoms with Crippen molar-refractivity contribution < 1.29 is 24.5 Å². The fraction of sp³-hybridized carbons (Fsp3) is 0.778. The Kier molecular flexibility index (Phi) is 1.82. The van der Waals surface area contributed by atoms with Gasteiger partial charge in [-0.1, -0.05) is 0 Å². The number of hydrogen-bond donors (Lipinski definition) is 2. The Hall–Kier alpha value is -1.10. The first-order valence-corrected chi connectivity index (χ1v) is 4.57. The highest BCUT2D eigenvalue weighted by Gasteiger charge is 2.61. The van der Waals surface area contributed by atoms with E-state index in [1.165, 1.54) is 0 Å². The van der Waals surface area contributed by atoms with Gasteiger partial charge in [0.1, 0.15) is 0 Å². The lowest BCUT2D eigenvalue weighted by atomic mass is 9.74. The molecule has 0 radical (unpaired) electrons. The van der Waals surface area contributed by atoms with E-state index in [9.17, 15) is 9.59 Å². The highest BCUT2D eigenvalue weighted by Crippen LogP contribution is 2.51. The van der Waals surface area contributed by atoms with Crippen molar-refractivity contribution in [1.29, 1.82) is 0 Å². The van der Waals surface area contributed by atoms with Gasteiger partial charge >= 0.3 is 11.9 Å². The zero-order valence-electron chi connectivity index (χ0n) is 7.77. The Bertz CT molecular complexity index is 300. The fourth-order valence-electron chi connectivity index (χ4n) is 2.27. The molecule has 5 heteroatoms. The van der Waals surface area contributed by atoms with Gasteiger partial charge in [0.05, 0.1) is 23.5 Å². The Labute approximate surface area is 80.7 Å². The molecular weight excluding hydrogens is 188 g/mol. The van der Waals surface area contributed by atoms with Crippen LogP contribution < -0.4 is 0 Å². The van der Waals surface area contributed by atoms with E-state index in [-0.39, 0.29) is 11.7 Å². The molecule has 0 aromatic heterocycles. The van der Waals surface area contributed by atoms with E-state index < -0.39 is 23.8 Å². The van der Waals surface area contributed by atoms with Crippen molar-refractivity contribution in [2.75, 3.05) is 0 Å². The standard InChI is InChI=1S/C9H12O5/c1-9-3-5(8(12)13)4(7(10)11)2-6(9)14-9/h4-6H,2-3H2,1H3,(H,10,11)(H,12,13). The first-order chi connectivity index (χ1) is 6.44. The molecule has 5 nitrogen and oxygen atoms in total. The number of aliphatic carboxylic acids is 2. The van der Waals surface area contributed by atoms with Crippen molar-refractivity contribution >= 4 is 11.9 Å². The average Bonchev–Trinajstić information content (AvgIpc) is 2.72. The molecule has 78 valence electrons. The number of carboxylic acids is 2. The van der Waals surface area contributed by atoms with Crippen LogP contribution in [0.4, 0.5) is 0 Å². The highest BCUT2D eigenvalue weighted by atomic mass is 16.6. The van der Waals surface area contributed by atoms with Gasteiger partial charge in [-0.05, 0) is 19.8 Å². The third kappa shape index (κ3) is 1.28. The Balaban J connectivity index is 2.17. The monoisotopic (exact) mass is 200 g/mol. The van der Waals surface area contributed by atoms with E-state index in [0.29, 0.717) is 12.8 Å². The van der Waals surface area contributed by atoms with Gasteiger partial charge in [-0.3, -0.25) is 9.59 Å². The summed E-state index contributed by atoms with van der Waals surface area (Å²) in [5.41, 5.74) is -0.380. The molecular formula is C9H12O5. The lowest BCUT2D eigenvalue weighted by Crippen LogP contribution is -2.38. The van der Waals surface area contributed by atoms with E-state index >= 15 is 0 Å². The molecule has 2 N–H and O–H groups in total. The van der Waals surface area contributed by atoms with Gasteiger partial charge in [0, 0.05) is 0 Å². The second kappa shape index (κ2) is 2.70. The van der Waals surface area contributed by atoms with E-state index in [1.54, 1.807) is 0 Å². The van der Waals surface area contributed by atoms with Gasteiger partial charge in [-0.25, -0.2) is 0 Å². The number of carboxylic acid groups (broad SMARTS) is 2. The lowest BCUT2D eigenvalue weighted by Gasteiger charge is -2.25. The van der Waals surface area contributed by atoms with Gasteiger partial charge < -0.3 is 14.9 Å². The van der Waals surface area contributed by atoms with Gasteiger partial charge in [0.2, 0.25) is 0 Å². The first-order valence-electron chi connectivity index (χ1n) is 4.57. The third-order valence-corrected chi connectivity index (χ3v) is 3.25. The highest BCUT2D eigenvalue weighted by molar-refractivity contribution is 5.80. The first kappa shape index (κ1) is 9.45. The summed E-state index contributed by atoms with van der Waals surface area (Å²) in [6.07, 6.45) is 0.575. The summed E-state index contributed by atoms with van der Waals surface area (Å²) in [4.78, 5) is 21.7. The second-order valence-electron chi connectivity index (χ2n) is 4.25. The van der Waals surface area contributed by atoms with E-state index in [2.05, 4.69) is 0 Å². The van der Waals surface area contributed by atoms with Crippen LogP contribution in [0.5, 0.6) is 0 Å². The van der Waals surface area contributed by atoms with Crippen LogP contribution in [0.25, 0.3) is 0 Å². The molecule has 0 aromatic rings. The number of fused-ring (bicyclic) bond motifs is 1. The number of carbonyl (C=O) groups is 2. The van der Waals surface area contributed by atoms with Gasteiger partial charge in [0.25, 0.3) is 0 Å². The molecule has 0 bridgehead atoms. The van der Waals surface area contributed by atoms with Crippen molar-refractivity contribution in [2.45, 2.75) is 31.5 Å². The second-order valence-corrected chi connectivity index (χ2v) is 4.25. The Morgan fingerprint density at radius 2 is 1.86 bits per heavy atom. The van der Waals surface area contributed by atoms with Crippen LogP contribution in [0.3, 0.4) is 0 Å². The largest absolute Gasteiger partial charge is 0.481 e. The van der Waals surface area contributed by atoms with Crippen LogP contribution in [-0.4, -0.2) is 33.9 Å². The van der Waals surface area contributed by atoms with Crippen molar-refractivity contribution in [1.82, 2.24) is 0 Å². The van der Waals surface area contributed by atoms with Crippen molar-refractivity contribution in [2.24, 2.45) is 11.8 Å². The lowest BCUT2D eigenvalue weighted by molar-refractivity contribution is -0.155. The van der Waals surface area contributed by atoms with E-state index in [1.807, 2.05) is 6.92 Å².